The van der Waals surface area contributed by atoms with Crippen LogP contribution in [-0.2, 0) is 11.2 Å². The Balaban J connectivity index is 1.73. The Morgan fingerprint density at radius 2 is 2.05 bits per heavy atom. The van der Waals surface area contributed by atoms with Gasteiger partial charge in [-0.1, -0.05) is 23.7 Å². The van der Waals surface area contributed by atoms with Crippen LogP contribution in [0.3, 0.4) is 0 Å². The van der Waals surface area contributed by atoms with Crippen molar-refractivity contribution in [3.8, 4) is 0 Å². The van der Waals surface area contributed by atoms with E-state index < -0.39 is 5.92 Å². The summed E-state index contributed by atoms with van der Waals surface area (Å²) in [5.41, 5.74) is 1.00. The van der Waals surface area contributed by atoms with Crippen LogP contribution in [0.5, 0.6) is 0 Å². The molecule has 0 radical (unpaired) electrons. The van der Waals surface area contributed by atoms with Crippen molar-refractivity contribution in [1.82, 2.24) is 5.32 Å². The summed E-state index contributed by atoms with van der Waals surface area (Å²) in [6.45, 7) is 0. The number of carbonyl (C=O) groups is 1. The zero-order valence-electron chi connectivity index (χ0n) is 11.2. The fourth-order valence-corrected chi connectivity index (χ4v) is 2.65. The number of carbonyl (C=O) groups excluding carboxylic acids is 1. The molecule has 1 aliphatic carbocycles. The minimum atomic E-state index is -2.55. The lowest BCUT2D eigenvalue weighted by Crippen LogP contribution is -2.40. The first kappa shape index (κ1) is 15.2. The van der Waals surface area contributed by atoms with E-state index in [0.29, 0.717) is 30.7 Å². The third-order valence-electron chi connectivity index (χ3n) is 3.61. The molecule has 110 valence electrons. The van der Waals surface area contributed by atoms with E-state index >= 15 is 0 Å². The van der Waals surface area contributed by atoms with Crippen LogP contribution in [0.15, 0.2) is 24.3 Å². The Morgan fingerprint density at radius 3 is 2.70 bits per heavy atom. The third-order valence-corrected chi connectivity index (χ3v) is 3.85. The van der Waals surface area contributed by atoms with E-state index in [0.717, 1.165) is 5.56 Å². The third kappa shape index (κ3) is 4.75. The number of rotatable bonds is 4. The number of aryl methyl sites for hydroxylation is 1. The second kappa shape index (κ2) is 6.53. The summed E-state index contributed by atoms with van der Waals surface area (Å²) in [6.07, 6.45) is 1.41. The number of hydrogen-bond donors (Lipinski definition) is 1. The molecule has 0 saturated heterocycles. The predicted molar refractivity (Wildman–Crippen MR) is 75.1 cm³/mol. The lowest BCUT2D eigenvalue weighted by Gasteiger charge is -2.28. The standard InChI is InChI=1S/C15H18ClF2NO/c16-12-3-1-2-11(10-12)4-5-14(20)19-13-6-8-15(17,18)9-7-13/h1-3,10,13H,4-9H2,(H,19,20). The summed E-state index contributed by atoms with van der Waals surface area (Å²) >= 11 is 5.87. The molecule has 1 N–H and O–H groups in total. The van der Waals surface area contributed by atoms with E-state index in [1.54, 1.807) is 6.07 Å². The molecule has 20 heavy (non-hydrogen) atoms. The van der Waals surface area contributed by atoms with Gasteiger partial charge in [0, 0.05) is 30.3 Å². The van der Waals surface area contributed by atoms with Gasteiger partial charge in [-0.05, 0) is 37.0 Å². The number of amides is 1. The van der Waals surface area contributed by atoms with Gasteiger partial charge in [-0.25, -0.2) is 8.78 Å². The van der Waals surface area contributed by atoms with E-state index in [9.17, 15) is 13.6 Å². The molecule has 1 aliphatic rings. The Hall–Kier alpha value is -1.16. The van der Waals surface area contributed by atoms with E-state index in [-0.39, 0.29) is 24.8 Å². The first-order valence-electron chi connectivity index (χ1n) is 6.86. The quantitative estimate of drug-likeness (QED) is 0.896. The largest absolute Gasteiger partial charge is 0.353 e. The van der Waals surface area contributed by atoms with Crippen LogP contribution in [0, 0.1) is 0 Å². The van der Waals surface area contributed by atoms with Gasteiger partial charge in [-0.15, -0.1) is 0 Å². The smallest absolute Gasteiger partial charge is 0.248 e. The van der Waals surface area contributed by atoms with Crippen LogP contribution in [0.1, 0.15) is 37.7 Å². The Kier molecular flexibility index (Phi) is 4.97. The van der Waals surface area contributed by atoms with Gasteiger partial charge in [0.25, 0.3) is 0 Å². The molecule has 1 saturated carbocycles. The number of halogens is 3. The maximum atomic E-state index is 13.0. The molecule has 1 amide bonds. The van der Waals surface area contributed by atoms with Gasteiger partial charge >= 0.3 is 0 Å². The molecule has 0 spiro atoms. The number of alkyl halides is 2. The maximum Gasteiger partial charge on any atom is 0.248 e. The average molecular weight is 302 g/mol. The molecule has 2 nitrogen and oxygen atoms in total. The molecule has 0 aromatic heterocycles. The van der Waals surface area contributed by atoms with Gasteiger partial charge in [-0.3, -0.25) is 4.79 Å². The van der Waals surface area contributed by atoms with Crippen LogP contribution in [0.25, 0.3) is 0 Å². The van der Waals surface area contributed by atoms with Crippen LogP contribution < -0.4 is 5.32 Å². The minimum absolute atomic E-state index is 0.0832. The zero-order chi connectivity index (χ0) is 14.6. The highest BCUT2D eigenvalue weighted by Crippen LogP contribution is 2.32. The van der Waals surface area contributed by atoms with E-state index in [1.807, 2.05) is 18.2 Å². The second-order valence-electron chi connectivity index (χ2n) is 5.33. The van der Waals surface area contributed by atoms with Crippen LogP contribution in [-0.4, -0.2) is 17.9 Å². The monoisotopic (exact) mass is 301 g/mol. The molecule has 0 unspecified atom stereocenters. The van der Waals surface area contributed by atoms with Crippen molar-refractivity contribution in [2.45, 2.75) is 50.5 Å². The average Bonchev–Trinajstić information content (AvgIpc) is 2.39. The van der Waals surface area contributed by atoms with E-state index in [2.05, 4.69) is 5.32 Å². The van der Waals surface area contributed by atoms with E-state index in [1.165, 1.54) is 0 Å². The molecule has 2 rings (SSSR count). The Morgan fingerprint density at radius 1 is 1.35 bits per heavy atom. The van der Waals surface area contributed by atoms with Gasteiger partial charge in [-0.2, -0.15) is 0 Å². The molecule has 1 fully saturated rings. The Bertz CT molecular complexity index is 469. The zero-order valence-corrected chi connectivity index (χ0v) is 11.9. The molecule has 0 bridgehead atoms. The highest BCUT2D eigenvalue weighted by atomic mass is 35.5. The highest BCUT2D eigenvalue weighted by Gasteiger charge is 2.35. The van der Waals surface area contributed by atoms with Crippen molar-refractivity contribution in [1.29, 1.82) is 0 Å². The van der Waals surface area contributed by atoms with E-state index in [4.69, 9.17) is 11.6 Å². The molecule has 0 heterocycles. The van der Waals surface area contributed by atoms with Crippen molar-refractivity contribution >= 4 is 17.5 Å². The lowest BCUT2D eigenvalue weighted by atomic mass is 9.92. The predicted octanol–water partition coefficient (Wildman–Crippen LogP) is 3.97. The van der Waals surface area contributed by atoms with Crippen molar-refractivity contribution in [3.05, 3.63) is 34.9 Å². The number of nitrogens with one attached hydrogen (secondary N) is 1. The summed E-state index contributed by atoms with van der Waals surface area (Å²) in [7, 11) is 0. The molecule has 0 aliphatic heterocycles. The fraction of sp³-hybridized carbons (Fsp3) is 0.533. The molecular weight excluding hydrogens is 284 g/mol. The van der Waals surface area contributed by atoms with Crippen LogP contribution in [0.2, 0.25) is 5.02 Å². The van der Waals surface area contributed by atoms with Crippen molar-refractivity contribution in [3.63, 3.8) is 0 Å². The van der Waals surface area contributed by atoms with Crippen molar-refractivity contribution in [2.75, 3.05) is 0 Å². The normalized spacial score (nSPS) is 18.8. The number of hydrogen-bond acceptors (Lipinski definition) is 1. The van der Waals surface area contributed by atoms with Crippen LogP contribution >= 0.6 is 11.6 Å². The summed E-state index contributed by atoms with van der Waals surface area (Å²) in [5.74, 6) is -2.64. The second-order valence-corrected chi connectivity index (χ2v) is 5.76. The summed E-state index contributed by atoms with van der Waals surface area (Å²) in [5, 5.41) is 3.49. The molecular formula is C15H18ClF2NO. The van der Waals surface area contributed by atoms with Crippen molar-refractivity contribution in [2.24, 2.45) is 0 Å². The van der Waals surface area contributed by atoms with Crippen LogP contribution in [0.4, 0.5) is 8.78 Å². The molecule has 1 aromatic rings. The van der Waals surface area contributed by atoms with Gasteiger partial charge in [0.2, 0.25) is 11.8 Å². The first-order chi connectivity index (χ1) is 9.44. The summed E-state index contributed by atoms with van der Waals surface area (Å²) in [4.78, 5) is 11.8. The molecule has 5 heteroatoms. The van der Waals surface area contributed by atoms with Gasteiger partial charge < -0.3 is 5.32 Å². The topological polar surface area (TPSA) is 29.1 Å². The van der Waals surface area contributed by atoms with Gasteiger partial charge in [0.05, 0.1) is 0 Å². The Labute approximate surface area is 122 Å². The lowest BCUT2D eigenvalue weighted by molar-refractivity contribution is -0.122. The minimum Gasteiger partial charge on any atom is -0.353 e. The highest BCUT2D eigenvalue weighted by molar-refractivity contribution is 6.30. The summed E-state index contributed by atoms with van der Waals surface area (Å²) < 4.78 is 26.0. The number of benzene rings is 1. The fourth-order valence-electron chi connectivity index (χ4n) is 2.43. The maximum absolute atomic E-state index is 13.0. The molecule has 0 atom stereocenters. The first-order valence-corrected chi connectivity index (χ1v) is 7.24. The summed E-state index contributed by atoms with van der Waals surface area (Å²) in [6, 6.07) is 7.27. The SMILES string of the molecule is O=C(CCc1cccc(Cl)c1)NC1CCC(F)(F)CC1. The molecule has 1 aromatic carbocycles. The van der Waals surface area contributed by atoms with Gasteiger partial charge in [0.15, 0.2) is 0 Å². The van der Waals surface area contributed by atoms with Gasteiger partial charge in [0.1, 0.15) is 0 Å². The van der Waals surface area contributed by atoms with Crippen molar-refractivity contribution < 1.29 is 13.6 Å².